The Labute approximate surface area is 95.0 Å². The minimum Gasteiger partial charge on any atom is -0.398 e. The molecule has 1 rings (SSSR count). The van der Waals surface area contributed by atoms with Crippen LogP contribution in [0.1, 0.15) is 0 Å². The molecule has 0 fully saturated rings. The first-order valence-corrected chi connectivity index (χ1v) is 6.74. The van der Waals surface area contributed by atoms with E-state index in [-0.39, 0.29) is 10.8 Å². The van der Waals surface area contributed by atoms with E-state index in [4.69, 9.17) is 5.73 Å². The lowest BCUT2D eigenvalue weighted by atomic mass is 10.6. The van der Waals surface area contributed by atoms with Gasteiger partial charge in [-0.1, -0.05) is 22.5 Å². The maximum atomic E-state index is 11.5. The van der Waals surface area contributed by atoms with Crippen LogP contribution in [-0.4, -0.2) is 15.0 Å². The van der Waals surface area contributed by atoms with Gasteiger partial charge in [0.25, 0.3) is 0 Å². The molecule has 0 aliphatic carbocycles. The van der Waals surface area contributed by atoms with Crippen molar-refractivity contribution in [2.75, 3.05) is 12.3 Å². The van der Waals surface area contributed by atoms with Crippen molar-refractivity contribution >= 4 is 43.0 Å². The van der Waals surface area contributed by atoms with Crippen molar-refractivity contribution in [3.63, 3.8) is 0 Å². The zero-order chi connectivity index (χ0) is 10.8. The molecule has 7 heteroatoms. The maximum Gasteiger partial charge on any atom is 0.250 e. The normalized spacial score (nSPS) is 11.5. The quantitative estimate of drug-likeness (QED) is 0.885. The second kappa shape index (κ2) is 4.43. The molecule has 1 aromatic heterocycles. The van der Waals surface area contributed by atoms with Crippen molar-refractivity contribution in [2.24, 2.45) is 0 Å². The minimum atomic E-state index is -3.44. The lowest BCUT2D eigenvalue weighted by Gasteiger charge is -2.02. The molecule has 1 heterocycles. The first-order valence-electron chi connectivity index (χ1n) is 3.59. The predicted molar refractivity (Wildman–Crippen MR) is 62.0 cm³/mol. The van der Waals surface area contributed by atoms with Crippen LogP contribution in [0.15, 0.2) is 26.7 Å². The number of sulfonamides is 1. The van der Waals surface area contributed by atoms with Gasteiger partial charge in [0.2, 0.25) is 10.0 Å². The summed E-state index contributed by atoms with van der Waals surface area (Å²) >= 11 is 4.15. The molecule has 0 aromatic carbocycles. The van der Waals surface area contributed by atoms with E-state index in [0.717, 1.165) is 11.3 Å². The number of hydrogen-bond donors (Lipinski definition) is 2. The number of thiophene rings is 1. The lowest BCUT2D eigenvalue weighted by Crippen LogP contribution is -2.23. The Bertz CT molecular complexity index is 438. The molecule has 4 nitrogen and oxygen atoms in total. The summed E-state index contributed by atoms with van der Waals surface area (Å²) in [4.78, 5) is 0. The van der Waals surface area contributed by atoms with Crippen molar-refractivity contribution in [1.82, 2.24) is 4.72 Å². The Kier molecular flexibility index (Phi) is 3.71. The fraction of sp³-hybridized carbons (Fsp3) is 0.143. The topological polar surface area (TPSA) is 72.2 Å². The van der Waals surface area contributed by atoms with Crippen LogP contribution >= 0.6 is 27.3 Å². The molecule has 0 atom stereocenters. The van der Waals surface area contributed by atoms with E-state index in [9.17, 15) is 8.42 Å². The predicted octanol–water partition coefficient (Wildman–Crippen LogP) is 1.52. The Morgan fingerprint density at radius 2 is 2.36 bits per heavy atom. The fourth-order valence-corrected chi connectivity index (χ4v) is 3.19. The Hall–Kier alpha value is -0.370. The van der Waals surface area contributed by atoms with Crippen molar-refractivity contribution in [3.8, 4) is 0 Å². The first kappa shape index (κ1) is 11.7. The van der Waals surface area contributed by atoms with Crippen LogP contribution in [0.2, 0.25) is 0 Å². The summed E-state index contributed by atoms with van der Waals surface area (Å²) in [7, 11) is -3.44. The van der Waals surface area contributed by atoms with Gasteiger partial charge in [0, 0.05) is 22.1 Å². The van der Waals surface area contributed by atoms with Gasteiger partial charge in [-0.05, 0) is 6.07 Å². The average molecular weight is 297 g/mol. The van der Waals surface area contributed by atoms with E-state index in [1.165, 1.54) is 6.07 Å². The van der Waals surface area contributed by atoms with Gasteiger partial charge in [-0.25, -0.2) is 13.1 Å². The van der Waals surface area contributed by atoms with Gasteiger partial charge in [0.1, 0.15) is 4.21 Å². The van der Waals surface area contributed by atoms with E-state index in [1.54, 1.807) is 5.38 Å². The highest BCUT2D eigenvalue weighted by molar-refractivity contribution is 9.11. The maximum absolute atomic E-state index is 11.5. The molecule has 0 radical (unpaired) electrons. The summed E-state index contributed by atoms with van der Waals surface area (Å²) in [5, 5.41) is 1.58. The molecule has 0 spiro atoms. The van der Waals surface area contributed by atoms with Gasteiger partial charge in [0.05, 0.1) is 0 Å². The molecule has 0 amide bonds. The molecule has 0 aliphatic heterocycles. The summed E-state index contributed by atoms with van der Waals surface area (Å²) in [5.41, 5.74) is 5.87. The van der Waals surface area contributed by atoms with Gasteiger partial charge in [-0.2, -0.15) is 0 Å². The summed E-state index contributed by atoms with van der Waals surface area (Å²) in [6, 6.07) is 1.42. The van der Waals surface area contributed by atoms with E-state index < -0.39 is 10.0 Å². The molecule has 1 aromatic rings. The van der Waals surface area contributed by atoms with Crippen molar-refractivity contribution in [2.45, 2.75) is 4.21 Å². The summed E-state index contributed by atoms with van der Waals surface area (Å²) < 4.78 is 26.2. The van der Waals surface area contributed by atoms with Gasteiger partial charge < -0.3 is 5.73 Å². The second-order valence-electron chi connectivity index (χ2n) is 2.54. The molecular weight excluding hydrogens is 288 g/mol. The molecule has 0 bridgehead atoms. The van der Waals surface area contributed by atoms with Crippen molar-refractivity contribution in [1.29, 1.82) is 0 Å². The van der Waals surface area contributed by atoms with E-state index in [1.807, 2.05) is 0 Å². The van der Waals surface area contributed by atoms with Gasteiger partial charge in [0.15, 0.2) is 0 Å². The van der Waals surface area contributed by atoms with Crippen LogP contribution in [0.3, 0.4) is 0 Å². The SMILES string of the molecule is C=C(Br)CNS(=O)(=O)c1cc(N)cs1. The van der Waals surface area contributed by atoms with E-state index >= 15 is 0 Å². The van der Waals surface area contributed by atoms with Crippen LogP contribution < -0.4 is 10.5 Å². The molecule has 14 heavy (non-hydrogen) atoms. The second-order valence-corrected chi connectivity index (χ2v) is 6.57. The molecule has 0 unspecified atom stereocenters. The molecular formula is C7H9BrN2O2S2. The molecule has 0 saturated carbocycles. The van der Waals surface area contributed by atoms with Crippen LogP contribution in [0.4, 0.5) is 5.69 Å². The van der Waals surface area contributed by atoms with Gasteiger partial charge in [-0.3, -0.25) is 0 Å². The largest absolute Gasteiger partial charge is 0.398 e. The summed E-state index contributed by atoms with van der Waals surface area (Å²) in [6.07, 6.45) is 0. The highest BCUT2D eigenvalue weighted by atomic mass is 79.9. The third-order valence-corrected chi connectivity index (χ3v) is 4.45. The lowest BCUT2D eigenvalue weighted by molar-refractivity contribution is 0.587. The highest BCUT2D eigenvalue weighted by Crippen LogP contribution is 2.21. The number of halogens is 1. The zero-order valence-electron chi connectivity index (χ0n) is 7.16. The fourth-order valence-electron chi connectivity index (χ4n) is 0.716. The monoisotopic (exact) mass is 296 g/mol. The van der Waals surface area contributed by atoms with Crippen LogP contribution in [0.5, 0.6) is 0 Å². The smallest absolute Gasteiger partial charge is 0.250 e. The molecule has 78 valence electrons. The van der Waals surface area contributed by atoms with E-state index in [0.29, 0.717) is 10.2 Å². The van der Waals surface area contributed by atoms with Crippen molar-refractivity contribution in [3.05, 3.63) is 22.5 Å². The minimum absolute atomic E-state index is 0.167. The number of nitrogens with one attached hydrogen (secondary N) is 1. The van der Waals surface area contributed by atoms with Crippen LogP contribution in [0.25, 0.3) is 0 Å². The number of nitrogen functional groups attached to an aromatic ring is 1. The number of nitrogens with two attached hydrogens (primary N) is 1. The summed E-state index contributed by atoms with van der Waals surface area (Å²) in [6.45, 7) is 3.69. The molecule has 3 N–H and O–H groups in total. The van der Waals surface area contributed by atoms with Gasteiger partial charge >= 0.3 is 0 Å². The Balaban J connectivity index is 2.81. The van der Waals surface area contributed by atoms with Crippen LogP contribution in [0, 0.1) is 0 Å². The molecule has 0 saturated heterocycles. The highest BCUT2D eigenvalue weighted by Gasteiger charge is 2.15. The molecule has 0 aliphatic rings. The third kappa shape index (κ3) is 3.09. The van der Waals surface area contributed by atoms with E-state index in [2.05, 4.69) is 27.2 Å². The third-order valence-electron chi connectivity index (χ3n) is 1.31. The van der Waals surface area contributed by atoms with Gasteiger partial charge in [-0.15, -0.1) is 11.3 Å². The summed E-state index contributed by atoms with van der Waals surface area (Å²) in [5.74, 6) is 0. The van der Waals surface area contributed by atoms with Crippen LogP contribution in [-0.2, 0) is 10.0 Å². The standard InChI is InChI=1S/C7H9BrN2O2S2/c1-5(8)3-10-14(11,12)7-2-6(9)4-13-7/h2,4,10H,1,3,9H2. The first-order chi connectivity index (χ1) is 6.42. The number of rotatable bonds is 4. The Morgan fingerprint density at radius 3 is 2.79 bits per heavy atom. The van der Waals surface area contributed by atoms with Crippen molar-refractivity contribution < 1.29 is 8.42 Å². The number of hydrogen-bond acceptors (Lipinski definition) is 4. The average Bonchev–Trinajstić information content (AvgIpc) is 2.49. The zero-order valence-corrected chi connectivity index (χ0v) is 10.4. The number of anilines is 1. The Morgan fingerprint density at radius 1 is 1.71 bits per heavy atom.